The summed E-state index contributed by atoms with van der Waals surface area (Å²) in [5.41, 5.74) is 0.963. The van der Waals surface area contributed by atoms with Crippen molar-refractivity contribution in [2.75, 3.05) is 14.1 Å². The lowest BCUT2D eigenvalue weighted by Crippen LogP contribution is -2.54. The molecule has 9 atom stereocenters. The lowest BCUT2D eigenvalue weighted by Gasteiger charge is -2.61. The summed E-state index contributed by atoms with van der Waals surface area (Å²) in [6.07, 6.45) is 13.4. The molecule has 4 saturated carbocycles. The van der Waals surface area contributed by atoms with Crippen molar-refractivity contribution in [1.29, 1.82) is 0 Å². The monoisotopic (exact) mass is 403 g/mol. The number of hydrogen-bond acceptors (Lipinski definition) is 2. The summed E-state index contributed by atoms with van der Waals surface area (Å²) in [5.74, 6) is 5.17. The molecule has 0 aromatic carbocycles. The molecule has 0 saturated heterocycles. The van der Waals surface area contributed by atoms with Crippen molar-refractivity contribution in [2.45, 2.75) is 97.5 Å². The molecule has 0 aliphatic heterocycles. The van der Waals surface area contributed by atoms with E-state index in [9.17, 15) is 9.90 Å². The molecular formula is C26H45NO2. The Kier molecular flexibility index (Phi) is 5.86. The quantitative estimate of drug-likeness (QED) is 0.672. The maximum absolute atomic E-state index is 12.1. The Morgan fingerprint density at radius 2 is 1.69 bits per heavy atom. The van der Waals surface area contributed by atoms with E-state index >= 15 is 0 Å². The SMILES string of the molecule is C[C@H](CCC(=O)N(C)C)[C@H]1CC[C@H]2[C@@H]3CC[C@H]4C[C@@H](O)CC[C@]4(C)[C@H]3CC[C@]12C. The molecular weight excluding hydrogens is 358 g/mol. The van der Waals surface area contributed by atoms with E-state index in [1.807, 2.05) is 14.1 Å². The van der Waals surface area contributed by atoms with E-state index in [2.05, 4.69) is 20.8 Å². The van der Waals surface area contributed by atoms with Gasteiger partial charge in [0.2, 0.25) is 5.91 Å². The molecule has 3 heteroatoms. The van der Waals surface area contributed by atoms with Gasteiger partial charge in [-0.2, -0.15) is 0 Å². The molecule has 0 heterocycles. The molecule has 4 rings (SSSR count). The first kappa shape index (κ1) is 21.7. The number of nitrogens with zero attached hydrogens (tertiary/aromatic N) is 1. The highest BCUT2D eigenvalue weighted by atomic mass is 16.3. The van der Waals surface area contributed by atoms with Crippen molar-refractivity contribution < 1.29 is 9.90 Å². The van der Waals surface area contributed by atoms with E-state index in [1.165, 1.54) is 44.9 Å². The molecule has 4 aliphatic carbocycles. The number of amides is 1. The maximum atomic E-state index is 12.1. The fourth-order valence-electron chi connectivity index (χ4n) is 8.99. The van der Waals surface area contributed by atoms with Gasteiger partial charge in [-0.25, -0.2) is 0 Å². The van der Waals surface area contributed by atoms with Crippen molar-refractivity contribution in [1.82, 2.24) is 4.90 Å². The van der Waals surface area contributed by atoms with Crippen LogP contribution in [0.4, 0.5) is 0 Å². The van der Waals surface area contributed by atoms with Gasteiger partial charge in [0, 0.05) is 20.5 Å². The number of rotatable bonds is 4. The zero-order valence-corrected chi connectivity index (χ0v) is 19.6. The van der Waals surface area contributed by atoms with Crippen molar-refractivity contribution >= 4 is 5.91 Å². The van der Waals surface area contributed by atoms with Gasteiger partial charge in [0.25, 0.3) is 0 Å². The van der Waals surface area contributed by atoms with Crippen molar-refractivity contribution in [3.05, 3.63) is 0 Å². The number of fused-ring (bicyclic) bond motifs is 5. The maximum Gasteiger partial charge on any atom is 0.222 e. The number of aliphatic hydroxyl groups excluding tert-OH is 1. The third kappa shape index (κ3) is 3.58. The standard InChI is InChI=1S/C26H45NO2/c1-17(6-11-24(29)27(4)5)21-9-10-22-20-8-7-18-16-19(28)12-14-25(18,2)23(20)13-15-26(21,22)3/h17-23,28H,6-16H2,1-5H3/t17-,18+,19+,20+,21-,22+,23+,25+,26-/m1/s1. The van der Waals surface area contributed by atoms with Crippen molar-refractivity contribution in [2.24, 2.45) is 46.3 Å². The fraction of sp³-hybridized carbons (Fsp3) is 0.962. The van der Waals surface area contributed by atoms with Gasteiger partial charge in [-0.05, 0) is 111 Å². The van der Waals surface area contributed by atoms with E-state index < -0.39 is 0 Å². The smallest absolute Gasteiger partial charge is 0.222 e. The Bertz CT molecular complexity index is 618. The van der Waals surface area contributed by atoms with Gasteiger partial charge >= 0.3 is 0 Å². The summed E-state index contributed by atoms with van der Waals surface area (Å²) < 4.78 is 0. The Labute approximate surface area is 179 Å². The summed E-state index contributed by atoms with van der Waals surface area (Å²) in [6, 6.07) is 0. The molecule has 1 amide bonds. The van der Waals surface area contributed by atoms with Crippen LogP contribution in [0.5, 0.6) is 0 Å². The third-order valence-electron chi connectivity index (χ3n) is 10.7. The number of aliphatic hydroxyl groups is 1. The third-order valence-corrected chi connectivity index (χ3v) is 10.7. The largest absolute Gasteiger partial charge is 0.393 e. The average Bonchev–Trinajstić information content (AvgIpc) is 3.03. The van der Waals surface area contributed by atoms with Crippen LogP contribution in [0.2, 0.25) is 0 Å². The number of carbonyl (C=O) groups excluding carboxylic acids is 1. The van der Waals surface area contributed by atoms with Crippen LogP contribution in [0, 0.1) is 46.3 Å². The number of hydrogen-bond donors (Lipinski definition) is 1. The highest BCUT2D eigenvalue weighted by molar-refractivity contribution is 5.75. The molecule has 166 valence electrons. The molecule has 0 unspecified atom stereocenters. The zero-order valence-electron chi connectivity index (χ0n) is 19.6. The molecule has 0 bridgehead atoms. The van der Waals surface area contributed by atoms with Crippen LogP contribution >= 0.6 is 0 Å². The highest BCUT2D eigenvalue weighted by Crippen LogP contribution is 2.68. The minimum Gasteiger partial charge on any atom is -0.393 e. The second-order valence-corrected chi connectivity index (χ2v) is 12.1. The van der Waals surface area contributed by atoms with Gasteiger partial charge in [-0.3, -0.25) is 4.79 Å². The minimum atomic E-state index is -0.0416. The Morgan fingerprint density at radius 1 is 1.00 bits per heavy atom. The summed E-state index contributed by atoms with van der Waals surface area (Å²) in [6.45, 7) is 7.63. The van der Waals surface area contributed by atoms with E-state index in [0.717, 1.165) is 48.9 Å². The van der Waals surface area contributed by atoms with Crippen LogP contribution in [-0.4, -0.2) is 36.1 Å². The van der Waals surface area contributed by atoms with Gasteiger partial charge in [-0.15, -0.1) is 0 Å². The molecule has 1 N–H and O–H groups in total. The predicted octanol–water partition coefficient (Wildman–Crippen LogP) is 5.51. The van der Waals surface area contributed by atoms with Gasteiger partial charge in [0.15, 0.2) is 0 Å². The van der Waals surface area contributed by atoms with Crippen molar-refractivity contribution in [3.8, 4) is 0 Å². The average molecular weight is 404 g/mol. The molecule has 4 aliphatic rings. The zero-order chi connectivity index (χ0) is 21.0. The van der Waals surface area contributed by atoms with E-state index in [0.29, 0.717) is 23.2 Å². The molecule has 4 fully saturated rings. The fourth-order valence-corrected chi connectivity index (χ4v) is 8.99. The van der Waals surface area contributed by atoms with Crippen LogP contribution in [-0.2, 0) is 4.79 Å². The van der Waals surface area contributed by atoms with Gasteiger partial charge < -0.3 is 10.0 Å². The van der Waals surface area contributed by atoms with Crippen LogP contribution in [0.15, 0.2) is 0 Å². The Hall–Kier alpha value is -0.570. The van der Waals surface area contributed by atoms with E-state index in [1.54, 1.807) is 4.90 Å². The summed E-state index contributed by atoms with van der Waals surface area (Å²) in [4.78, 5) is 13.9. The van der Waals surface area contributed by atoms with Gasteiger partial charge in [0.05, 0.1) is 6.10 Å². The lowest BCUT2D eigenvalue weighted by atomic mass is 9.44. The summed E-state index contributed by atoms with van der Waals surface area (Å²) in [7, 11) is 3.75. The van der Waals surface area contributed by atoms with E-state index in [4.69, 9.17) is 0 Å². The minimum absolute atomic E-state index is 0.0416. The first-order chi connectivity index (χ1) is 13.7. The number of carbonyl (C=O) groups is 1. The van der Waals surface area contributed by atoms with Crippen LogP contribution < -0.4 is 0 Å². The first-order valence-electron chi connectivity index (χ1n) is 12.5. The van der Waals surface area contributed by atoms with E-state index in [-0.39, 0.29) is 12.0 Å². The predicted molar refractivity (Wildman–Crippen MR) is 118 cm³/mol. The molecule has 0 aromatic heterocycles. The molecule has 0 radical (unpaired) electrons. The second kappa shape index (κ2) is 7.84. The Morgan fingerprint density at radius 3 is 2.41 bits per heavy atom. The van der Waals surface area contributed by atoms with Crippen LogP contribution in [0.1, 0.15) is 91.4 Å². The Balaban J connectivity index is 1.46. The van der Waals surface area contributed by atoms with Gasteiger partial charge in [0.1, 0.15) is 0 Å². The normalized spacial score (nSPS) is 47.7. The molecule has 3 nitrogen and oxygen atoms in total. The van der Waals surface area contributed by atoms with Crippen LogP contribution in [0.3, 0.4) is 0 Å². The molecule has 0 aromatic rings. The summed E-state index contributed by atoms with van der Waals surface area (Å²) >= 11 is 0. The summed E-state index contributed by atoms with van der Waals surface area (Å²) in [5, 5.41) is 10.2. The molecule has 29 heavy (non-hydrogen) atoms. The molecule has 0 spiro atoms. The topological polar surface area (TPSA) is 40.5 Å². The first-order valence-corrected chi connectivity index (χ1v) is 12.5. The van der Waals surface area contributed by atoms with Gasteiger partial charge in [-0.1, -0.05) is 20.8 Å². The second-order valence-electron chi connectivity index (χ2n) is 12.1. The van der Waals surface area contributed by atoms with Crippen molar-refractivity contribution in [3.63, 3.8) is 0 Å². The van der Waals surface area contributed by atoms with Crippen LogP contribution in [0.25, 0.3) is 0 Å². The highest BCUT2D eigenvalue weighted by Gasteiger charge is 2.60. The lowest BCUT2D eigenvalue weighted by molar-refractivity contribution is -0.131.